The van der Waals surface area contributed by atoms with E-state index in [1.807, 2.05) is 18.2 Å². The van der Waals surface area contributed by atoms with Gasteiger partial charge in [0.05, 0.1) is 22.4 Å². The summed E-state index contributed by atoms with van der Waals surface area (Å²) in [6.07, 6.45) is 0. The van der Waals surface area contributed by atoms with E-state index in [1.54, 1.807) is 0 Å². The molecule has 8 aromatic carbocycles. The molecule has 0 saturated carbocycles. The molecule has 2 aromatic heterocycles. The molecule has 1 aliphatic carbocycles. The van der Waals surface area contributed by atoms with Gasteiger partial charge < -0.3 is 8.98 Å². The lowest BCUT2D eigenvalue weighted by Crippen LogP contribution is -2.25. The SMILES string of the molecule is C=c1cccc/c1=C(/N=C(\C)c1ccc2c(c1)oc1c(-n3c4ccccc4c4c5c(ccc43)C(C)(C)c3ccccc3-5)cccc12)c1ccc(-c2ccccc2)cc1. The number of hydrogen-bond acceptors (Lipinski definition) is 2. The van der Waals surface area contributed by atoms with E-state index < -0.39 is 0 Å². The van der Waals surface area contributed by atoms with Gasteiger partial charge in [0.25, 0.3) is 0 Å². The van der Waals surface area contributed by atoms with E-state index in [-0.39, 0.29) is 5.41 Å². The molecule has 0 spiro atoms. The van der Waals surface area contributed by atoms with Crippen LogP contribution in [0, 0.1) is 0 Å². The van der Waals surface area contributed by atoms with Gasteiger partial charge in [-0.3, -0.25) is 4.99 Å². The summed E-state index contributed by atoms with van der Waals surface area (Å²) in [6, 6.07) is 62.7. The monoisotopic (exact) mass is 744 g/mol. The third kappa shape index (κ3) is 5.10. The van der Waals surface area contributed by atoms with Crippen LogP contribution in [0.15, 0.2) is 185 Å². The highest BCUT2D eigenvalue weighted by Gasteiger charge is 2.37. The molecule has 1 aliphatic rings. The summed E-state index contributed by atoms with van der Waals surface area (Å²) < 4.78 is 9.33. The van der Waals surface area contributed by atoms with Gasteiger partial charge in [-0.1, -0.05) is 166 Å². The Morgan fingerprint density at radius 2 is 1.29 bits per heavy atom. The fourth-order valence-electron chi connectivity index (χ4n) is 9.41. The summed E-state index contributed by atoms with van der Waals surface area (Å²) in [7, 11) is 0. The molecule has 0 N–H and O–H groups in total. The Kier molecular flexibility index (Phi) is 7.58. The fraction of sp³-hybridized carbons (Fsp3) is 0.0727. The predicted molar refractivity (Wildman–Crippen MR) is 243 cm³/mol. The minimum absolute atomic E-state index is 0.0798. The van der Waals surface area contributed by atoms with Crippen LogP contribution in [0.25, 0.3) is 84.0 Å². The van der Waals surface area contributed by atoms with Gasteiger partial charge in [-0.2, -0.15) is 0 Å². The van der Waals surface area contributed by atoms with Crippen molar-refractivity contribution < 1.29 is 4.42 Å². The third-order valence-electron chi connectivity index (χ3n) is 12.3. The van der Waals surface area contributed by atoms with Crippen molar-refractivity contribution in [2.75, 3.05) is 0 Å². The molecule has 0 fully saturated rings. The van der Waals surface area contributed by atoms with E-state index >= 15 is 0 Å². The largest absolute Gasteiger partial charge is 0.454 e. The quantitative estimate of drug-likeness (QED) is 0.161. The second-order valence-corrected chi connectivity index (χ2v) is 16.0. The van der Waals surface area contributed by atoms with Gasteiger partial charge in [-0.15, -0.1) is 0 Å². The molecule has 10 aromatic rings. The van der Waals surface area contributed by atoms with Crippen LogP contribution in [0.3, 0.4) is 0 Å². The summed E-state index contributed by atoms with van der Waals surface area (Å²) in [6.45, 7) is 11.1. The van der Waals surface area contributed by atoms with Crippen LogP contribution in [-0.4, -0.2) is 10.3 Å². The molecule has 0 saturated heterocycles. The van der Waals surface area contributed by atoms with Gasteiger partial charge >= 0.3 is 0 Å². The molecule has 0 bridgehead atoms. The second kappa shape index (κ2) is 12.9. The molecule has 0 atom stereocenters. The van der Waals surface area contributed by atoms with Crippen molar-refractivity contribution in [2.45, 2.75) is 26.2 Å². The lowest BCUT2D eigenvalue weighted by Gasteiger charge is -2.21. The summed E-state index contributed by atoms with van der Waals surface area (Å²) >= 11 is 0. The number of nitrogens with zero attached hydrogens (tertiary/aromatic N) is 2. The van der Waals surface area contributed by atoms with Crippen LogP contribution in [0.2, 0.25) is 0 Å². The van der Waals surface area contributed by atoms with Crippen LogP contribution in [0.4, 0.5) is 0 Å². The van der Waals surface area contributed by atoms with Crippen LogP contribution in [0.5, 0.6) is 0 Å². The Labute approximate surface area is 337 Å². The predicted octanol–water partition coefficient (Wildman–Crippen LogP) is 12.7. The molecule has 0 amide bonds. The topological polar surface area (TPSA) is 30.4 Å². The van der Waals surface area contributed by atoms with Gasteiger partial charge in [0, 0.05) is 43.5 Å². The van der Waals surface area contributed by atoms with E-state index in [2.05, 4.69) is 190 Å². The van der Waals surface area contributed by atoms with Gasteiger partial charge in [0.2, 0.25) is 0 Å². The number of furan rings is 1. The average molecular weight is 745 g/mol. The van der Waals surface area contributed by atoms with E-state index in [1.165, 1.54) is 49.7 Å². The molecule has 276 valence electrons. The molecule has 3 nitrogen and oxygen atoms in total. The Balaban J connectivity index is 1.06. The normalized spacial score (nSPS) is 14.0. The Hall–Kier alpha value is -7.23. The average Bonchev–Trinajstić information content (AvgIpc) is 3.88. The minimum atomic E-state index is -0.0798. The van der Waals surface area contributed by atoms with Crippen molar-refractivity contribution >= 4 is 61.7 Å². The molecule has 11 rings (SSSR count). The number of benzene rings is 8. The van der Waals surface area contributed by atoms with Crippen molar-refractivity contribution in [3.63, 3.8) is 0 Å². The maximum Gasteiger partial charge on any atom is 0.159 e. The van der Waals surface area contributed by atoms with Gasteiger partial charge in [-0.25, -0.2) is 0 Å². The van der Waals surface area contributed by atoms with Crippen LogP contribution < -0.4 is 10.4 Å². The first-order valence-corrected chi connectivity index (χ1v) is 20.0. The second-order valence-electron chi connectivity index (χ2n) is 16.0. The van der Waals surface area contributed by atoms with Crippen molar-refractivity contribution in [3.05, 3.63) is 209 Å². The maximum absolute atomic E-state index is 6.93. The number of rotatable bonds is 5. The Morgan fingerprint density at radius 1 is 0.586 bits per heavy atom. The van der Waals surface area contributed by atoms with Crippen molar-refractivity contribution in [1.82, 2.24) is 4.57 Å². The Bertz CT molecular complexity index is 3430. The molecule has 0 radical (unpaired) electrons. The highest BCUT2D eigenvalue weighted by molar-refractivity contribution is 6.19. The van der Waals surface area contributed by atoms with Gasteiger partial charge in [0.1, 0.15) is 5.58 Å². The lowest BCUT2D eigenvalue weighted by molar-refractivity contribution is 0.660. The van der Waals surface area contributed by atoms with Crippen LogP contribution in [0.1, 0.15) is 43.0 Å². The molecule has 3 heteroatoms. The molecular formula is C55H40N2O. The van der Waals surface area contributed by atoms with Gasteiger partial charge in [-0.05, 0) is 81.4 Å². The first kappa shape index (κ1) is 34.1. The number of hydrogen-bond donors (Lipinski definition) is 0. The molecule has 0 aliphatic heterocycles. The number of para-hydroxylation sites is 2. The minimum Gasteiger partial charge on any atom is -0.454 e. The summed E-state index contributed by atoms with van der Waals surface area (Å²) in [4.78, 5) is 5.34. The number of fused-ring (bicyclic) bond motifs is 10. The van der Waals surface area contributed by atoms with Crippen LogP contribution >= 0.6 is 0 Å². The molecule has 58 heavy (non-hydrogen) atoms. The molecule has 0 unspecified atom stereocenters. The van der Waals surface area contributed by atoms with E-state index in [0.29, 0.717) is 0 Å². The van der Waals surface area contributed by atoms with E-state index in [9.17, 15) is 0 Å². The van der Waals surface area contributed by atoms with Crippen molar-refractivity contribution in [1.29, 1.82) is 0 Å². The first-order valence-electron chi connectivity index (χ1n) is 20.0. The van der Waals surface area contributed by atoms with E-state index in [0.717, 1.165) is 66.1 Å². The standard InChI is InChI=1S/C55H40N2O/c1-34-15-8-9-18-40(34)53(38-27-25-37(26-28-38)36-16-6-5-7-17-36)56-35(2)39-29-30-41-42-21-14-24-49(54(42)58-50(41)33-39)57-47-23-13-11-20-44(47)52-48(57)32-31-46-51(52)43-19-10-12-22-45(43)55(46,3)4/h5-33H,1H2,2-4H3/b53-40-,56-35+. The number of aliphatic imine (C=N–C) groups is 1. The fourth-order valence-corrected chi connectivity index (χ4v) is 9.41. The zero-order chi connectivity index (χ0) is 39.1. The van der Waals surface area contributed by atoms with Crippen molar-refractivity contribution in [2.24, 2.45) is 4.99 Å². The zero-order valence-electron chi connectivity index (χ0n) is 32.8. The summed E-state index contributed by atoms with van der Waals surface area (Å²) in [5.74, 6) is 0. The maximum atomic E-state index is 6.93. The smallest absolute Gasteiger partial charge is 0.159 e. The number of aromatic nitrogens is 1. The molecular weight excluding hydrogens is 705 g/mol. The van der Waals surface area contributed by atoms with Crippen LogP contribution in [-0.2, 0) is 5.41 Å². The highest BCUT2D eigenvalue weighted by Crippen LogP contribution is 2.53. The first-order chi connectivity index (χ1) is 28.4. The summed E-state index contributed by atoms with van der Waals surface area (Å²) in [5.41, 5.74) is 16.6. The zero-order valence-corrected chi connectivity index (χ0v) is 32.8. The molecule has 2 heterocycles. The van der Waals surface area contributed by atoms with E-state index in [4.69, 9.17) is 9.41 Å². The third-order valence-corrected chi connectivity index (χ3v) is 12.3. The Morgan fingerprint density at radius 3 is 2.14 bits per heavy atom. The lowest BCUT2D eigenvalue weighted by atomic mass is 9.82. The highest BCUT2D eigenvalue weighted by atomic mass is 16.3. The van der Waals surface area contributed by atoms with Crippen molar-refractivity contribution in [3.8, 4) is 27.9 Å². The van der Waals surface area contributed by atoms with Gasteiger partial charge in [0.15, 0.2) is 5.58 Å². The summed E-state index contributed by atoms with van der Waals surface area (Å²) in [5, 5.41) is 6.64.